The second-order valence-electron chi connectivity index (χ2n) is 5.05. The first kappa shape index (κ1) is 22.4. The highest BCUT2D eigenvalue weighted by Crippen LogP contribution is 2.20. The number of aliphatic imine (C=N–C) groups is 1. The van der Waals surface area contributed by atoms with E-state index in [1.807, 2.05) is 19.1 Å². The van der Waals surface area contributed by atoms with Gasteiger partial charge in [-0.05, 0) is 43.7 Å². The van der Waals surface area contributed by atoms with Crippen LogP contribution in [0, 0.1) is 0 Å². The summed E-state index contributed by atoms with van der Waals surface area (Å²) in [5.74, 6) is 1.65. The van der Waals surface area contributed by atoms with Gasteiger partial charge in [-0.1, -0.05) is 26.0 Å². The number of allylic oxidation sites excluding steroid dienone is 3. The topological polar surface area (TPSA) is 69.7 Å². The summed E-state index contributed by atoms with van der Waals surface area (Å²) in [5, 5.41) is 0. The van der Waals surface area contributed by atoms with Crippen LogP contribution in [0.25, 0.3) is 0 Å². The third-order valence-electron chi connectivity index (χ3n) is 3.03. The zero-order valence-corrected chi connectivity index (χ0v) is 15.7. The number of nitrogens with zero attached hydrogens (tertiary/aromatic N) is 2. The molecule has 0 atom stereocenters. The van der Waals surface area contributed by atoms with Crippen molar-refractivity contribution in [2.75, 3.05) is 13.7 Å². The maximum Gasteiger partial charge on any atom is 0.175 e. The molecule has 0 bridgehead atoms. The molecular weight excluding hydrogens is 314 g/mol. The van der Waals surface area contributed by atoms with E-state index in [2.05, 4.69) is 41.9 Å². The molecule has 0 fully saturated rings. The van der Waals surface area contributed by atoms with Gasteiger partial charge in [0.2, 0.25) is 0 Å². The van der Waals surface area contributed by atoms with Gasteiger partial charge in [0.15, 0.2) is 6.40 Å². The minimum atomic E-state index is 0.640. The summed E-state index contributed by atoms with van der Waals surface area (Å²) in [5.41, 5.74) is 6.83. The van der Waals surface area contributed by atoms with E-state index in [4.69, 9.17) is 9.47 Å². The van der Waals surface area contributed by atoms with Gasteiger partial charge >= 0.3 is 0 Å². The molecule has 0 unspecified atom stereocenters. The number of ether oxygens (including phenoxy) is 2. The van der Waals surface area contributed by atoms with Crippen LogP contribution in [-0.4, -0.2) is 25.0 Å². The molecule has 1 rings (SSSR count). The SMILES string of the molecule is C=CC/C=C(\Cc1ncc(OCC)cc1CCC)OC=NC.C=CN. The second kappa shape index (κ2) is 15.0. The summed E-state index contributed by atoms with van der Waals surface area (Å²) in [7, 11) is 1.68. The zero-order chi connectivity index (χ0) is 18.9. The molecule has 0 saturated carbocycles. The third kappa shape index (κ3) is 10.0. The average molecular weight is 345 g/mol. The Labute approximate surface area is 152 Å². The summed E-state index contributed by atoms with van der Waals surface area (Å²) in [6.07, 6.45) is 11.7. The molecule has 0 aliphatic rings. The molecule has 1 aromatic rings. The van der Waals surface area contributed by atoms with Crippen LogP contribution in [0.15, 0.2) is 54.5 Å². The Morgan fingerprint density at radius 1 is 1.36 bits per heavy atom. The maximum atomic E-state index is 5.56. The Hall–Kier alpha value is -2.56. The Morgan fingerprint density at radius 3 is 2.64 bits per heavy atom. The first-order valence-electron chi connectivity index (χ1n) is 8.47. The fourth-order valence-corrected chi connectivity index (χ4v) is 2.07. The molecule has 0 aliphatic carbocycles. The number of aryl methyl sites for hydroxylation is 1. The van der Waals surface area contributed by atoms with Crippen molar-refractivity contribution in [1.29, 1.82) is 0 Å². The van der Waals surface area contributed by atoms with Crippen molar-refractivity contribution >= 4 is 6.40 Å². The molecule has 2 N–H and O–H groups in total. The van der Waals surface area contributed by atoms with Crippen molar-refractivity contribution < 1.29 is 9.47 Å². The molecule has 0 aliphatic heterocycles. The van der Waals surface area contributed by atoms with E-state index < -0.39 is 0 Å². The van der Waals surface area contributed by atoms with Gasteiger partial charge < -0.3 is 15.2 Å². The lowest BCUT2D eigenvalue weighted by Crippen LogP contribution is -2.04. The number of hydrogen-bond acceptors (Lipinski definition) is 5. The van der Waals surface area contributed by atoms with Crippen molar-refractivity contribution in [3.63, 3.8) is 0 Å². The lowest BCUT2D eigenvalue weighted by molar-refractivity contribution is 0.338. The minimum absolute atomic E-state index is 0.640. The van der Waals surface area contributed by atoms with Crippen LogP contribution in [0.4, 0.5) is 0 Å². The number of aromatic nitrogens is 1. The zero-order valence-electron chi connectivity index (χ0n) is 15.7. The van der Waals surface area contributed by atoms with E-state index in [0.29, 0.717) is 13.0 Å². The largest absolute Gasteiger partial charge is 0.492 e. The molecule has 5 heteroatoms. The Bertz CT molecular complexity index is 566. The molecule has 0 saturated heterocycles. The second-order valence-corrected chi connectivity index (χ2v) is 5.05. The van der Waals surface area contributed by atoms with Crippen molar-refractivity contribution in [2.45, 2.75) is 39.5 Å². The van der Waals surface area contributed by atoms with E-state index in [1.165, 1.54) is 18.2 Å². The molecule has 25 heavy (non-hydrogen) atoms. The Morgan fingerprint density at radius 2 is 2.08 bits per heavy atom. The van der Waals surface area contributed by atoms with Crippen LogP contribution in [-0.2, 0) is 17.6 Å². The van der Waals surface area contributed by atoms with Crippen LogP contribution in [0.5, 0.6) is 5.75 Å². The van der Waals surface area contributed by atoms with Crippen LogP contribution < -0.4 is 10.5 Å². The van der Waals surface area contributed by atoms with Crippen molar-refractivity contribution in [3.05, 3.63) is 60.8 Å². The van der Waals surface area contributed by atoms with Gasteiger partial charge in [-0.25, -0.2) is 0 Å². The number of pyridine rings is 1. The first-order chi connectivity index (χ1) is 12.2. The normalized spacial score (nSPS) is 10.8. The van der Waals surface area contributed by atoms with E-state index in [9.17, 15) is 0 Å². The minimum Gasteiger partial charge on any atom is -0.492 e. The standard InChI is InChI=1S/C18H26N2O2.C2H5N/c1-5-8-10-16(22-14-19-4)12-18-15(9-6-2)11-17(13-20-18)21-7-3;1-2-3/h5,10-11,13-14H,1,6-9,12H2,2-4H3;2H,1,3H2/b16-10+,19-14?;. The van der Waals surface area contributed by atoms with Crippen LogP contribution >= 0.6 is 0 Å². The van der Waals surface area contributed by atoms with Crippen molar-refractivity contribution in [3.8, 4) is 5.75 Å². The molecule has 1 heterocycles. The highest BCUT2D eigenvalue weighted by molar-refractivity contribution is 5.48. The summed E-state index contributed by atoms with van der Waals surface area (Å²) in [6, 6.07) is 2.08. The van der Waals surface area contributed by atoms with Gasteiger partial charge in [-0.3, -0.25) is 9.98 Å². The quantitative estimate of drug-likeness (QED) is 0.299. The molecule has 5 nitrogen and oxygen atoms in total. The van der Waals surface area contributed by atoms with Gasteiger partial charge in [-0.15, -0.1) is 6.58 Å². The number of nitrogens with two attached hydrogens (primary N) is 1. The van der Waals surface area contributed by atoms with E-state index >= 15 is 0 Å². The molecule has 0 amide bonds. The van der Waals surface area contributed by atoms with Crippen LogP contribution in [0.2, 0.25) is 0 Å². The molecule has 0 radical (unpaired) electrons. The molecular formula is C20H31N3O2. The van der Waals surface area contributed by atoms with Crippen LogP contribution in [0.3, 0.4) is 0 Å². The third-order valence-corrected chi connectivity index (χ3v) is 3.03. The highest BCUT2D eigenvalue weighted by atomic mass is 16.5. The lowest BCUT2D eigenvalue weighted by atomic mass is 10.0. The predicted molar refractivity (Wildman–Crippen MR) is 106 cm³/mol. The number of rotatable bonds is 10. The predicted octanol–water partition coefficient (Wildman–Crippen LogP) is 4.20. The van der Waals surface area contributed by atoms with Gasteiger partial charge in [0.1, 0.15) is 11.5 Å². The summed E-state index contributed by atoms with van der Waals surface area (Å²) in [6.45, 7) is 11.7. The Kier molecular flexibility index (Phi) is 13.5. The molecule has 138 valence electrons. The van der Waals surface area contributed by atoms with Gasteiger partial charge in [0.25, 0.3) is 0 Å². The fourth-order valence-electron chi connectivity index (χ4n) is 2.07. The molecule has 1 aromatic heterocycles. The smallest absolute Gasteiger partial charge is 0.175 e. The fraction of sp³-hybridized carbons (Fsp3) is 0.400. The van der Waals surface area contributed by atoms with E-state index in [1.54, 1.807) is 13.2 Å². The van der Waals surface area contributed by atoms with E-state index in [-0.39, 0.29) is 0 Å². The summed E-state index contributed by atoms with van der Waals surface area (Å²) >= 11 is 0. The number of hydrogen-bond donors (Lipinski definition) is 1. The lowest BCUT2D eigenvalue weighted by Gasteiger charge is -2.12. The summed E-state index contributed by atoms with van der Waals surface area (Å²) in [4.78, 5) is 8.42. The van der Waals surface area contributed by atoms with Crippen molar-refractivity contribution in [2.24, 2.45) is 10.7 Å². The molecule has 0 aromatic carbocycles. The monoisotopic (exact) mass is 345 g/mol. The van der Waals surface area contributed by atoms with Gasteiger partial charge in [-0.2, -0.15) is 0 Å². The van der Waals surface area contributed by atoms with E-state index in [0.717, 1.165) is 36.5 Å². The van der Waals surface area contributed by atoms with Gasteiger partial charge in [0.05, 0.1) is 18.5 Å². The van der Waals surface area contributed by atoms with Crippen LogP contribution in [0.1, 0.15) is 37.9 Å². The molecule has 0 spiro atoms. The van der Waals surface area contributed by atoms with Crippen molar-refractivity contribution in [1.82, 2.24) is 4.98 Å². The summed E-state index contributed by atoms with van der Waals surface area (Å²) < 4.78 is 11.1. The highest BCUT2D eigenvalue weighted by Gasteiger charge is 2.09. The first-order valence-corrected chi connectivity index (χ1v) is 8.47. The average Bonchev–Trinajstić information content (AvgIpc) is 2.60. The Balaban J connectivity index is 0.00000178. The maximum absolute atomic E-state index is 5.56. The van der Waals surface area contributed by atoms with Gasteiger partial charge in [0, 0.05) is 13.5 Å².